The maximum atomic E-state index is 12.7. The van der Waals surface area contributed by atoms with Gasteiger partial charge in [-0.15, -0.1) is 23.1 Å². The number of fused-ring (bicyclic) bond motifs is 1. The fourth-order valence-corrected chi connectivity index (χ4v) is 5.51. The van der Waals surface area contributed by atoms with Crippen LogP contribution in [0.25, 0.3) is 0 Å². The molecule has 0 aliphatic carbocycles. The first-order chi connectivity index (χ1) is 11.8. The minimum absolute atomic E-state index is 0.0389. The summed E-state index contributed by atoms with van der Waals surface area (Å²) in [7, 11) is 0. The number of hydrogen-bond acceptors (Lipinski definition) is 6. The fraction of sp³-hybridized carbons (Fsp3) is 0.353. The first kappa shape index (κ1) is 17.8. The van der Waals surface area contributed by atoms with Gasteiger partial charge in [0.2, 0.25) is 0 Å². The van der Waals surface area contributed by atoms with E-state index >= 15 is 0 Å². The molecule has 1 aromatic carbocycles. The van der Waals surface area contributed by atoms with Crippen LogP contribution in [0.15, 0.2) is 34.5 Å². The van der Waals surface area contributed by atoms with Crippen LogP contribution in [0.1, 0.15) is 25.6 Å². The van der Waals surface area contributed by atoms with Gasteiger partial charge in [0.15, 0.2) is 0 Å². The van der Waals surface area contributed by atoms with Crippen LogP contribution < -0.4 is 9.64 Å². The number of rotatable bonds is 3. The van der Waals surface area contributed by atoms with Crippen LogP contribution >= 0.6 is 23.1 Å². The first-order valence-corrected chi connectivity index (χ1v) is 9.48. The van der Waals surface area contributed by atoms with Gasteiger partial charge in [-0.05, 0) is 38.5 Å². The summed E-state index contributed by atoms with van der Waals surface area (Å²) in [6.07, 6.45) is 0.452. The lowest BCUT2D eigenvalue weighted by Gasteiger charge is -2.36. The summed E-state index contributed by atoms with van der Waals surface area (Å²) >= 11 is 3.49. The van der Waals surface area contributed by atoms with Crippen LogP contribution in [-0.4, -0.2) is 22.3 Å². The second-order valence-corrected chi connectivity index (χ2v) is 9.42. The van der Waals surface area contributed by atoms with Crippen molar-refractivity contribution in [3.05, 3.63) is 45.3 Å². The molecule has 132 valence electrons. The number of aryl methyl sites for hydroxylation is 1. The number of benzene rings is 1. The number of carbonyl (C=O) groups excluding carboxylic acids is 1. The predicted octanol–water partition coefficient (Wildman–Crippen LogP) is 5.11. The average molecular weight is 378 g/mol. The minimum atomic E-state index is -0.486. The van der Waals surface area contributed by atoms with Gasteiger partial charge >= 0.3 is 6.09 Å². The van der Waals surface area contributed by atoms with E-state index in [1.54, 1.807) is 28.0 Å². The molecule has 0 saturated heterocycles. The van der Waals surface area contributed by atoms with Gasteiger partial charge in [-0.25, -0.2) is 4.79 Å². The number of carbonyl (C=O) groups is 1. The van der Waals surface area contributed by atoms with Crippen molar-refractivity contribution in [1.82, 2.24) is 0 Å². The van der Waals surface area contributed by atoms with E-state index < -0.39 is 11.0 Å². The highest BCUT2D eigenvalue weighted by molar-refractivity contribution is 8.02. The third kappa shape index (κ3) is 3.80. The van der Waals surface area contributed by atoms with Gasteiger partial charge in [0.25, 0.3) is 5.69 Å². The second-order valence-electron chi connectivity index (χ2n) is 6.31. The van der Waals surface area contributed by atoms with E-state index in [9.17, 15) is 14.9 Å². The number of nitro benzene ring substituents is 1. The second kappa shape index (κ2) is 6.68. The number of ether oxygens (including phenoxy) is 1. The molecule has 0 bridgehead atoms. The third-order valence-electron chi connectivity index (χ3n) is 3.75. The Morgan fingerprint density at radius 1 is 1.36 bits per heavy atom. The van der Waals surface area contributed by atoms with Crippen molar-refractivity contribution < 1.29 is 14.5 Å². The predicted molar refractivity (Wildman–Crippen MR) is 100 cm³/mol. The quantitative estimate of drug-likeness (QED) is 0.548. The SMILES string of the molecule is CCc1cc2c(s1)SC(C)(C)CN2C(=O)Oc1ccc([N+](=O)[O-])cc1. The van der Waals surface area contributed by atoms with E-state index in [1.165, 1.54) is 29.1 Å². The number of non-ortho nitro benzene ring substituents is 1. The molecule has 1 aliphatic heterocycles. The Bertz CT molecular complexity index is 815. The van der Waals surface area contributed by atoms with Crippen molar-refractivity contribution in [3.63, 3.8) is 0 Å². The molecular weight excluding hydrogens is 360 g/mol. The van der Waals surface area contributed by atoms with E-state index in [1.807, 2.05) is 6.07 Å². The molecule has 1 amide bonds. The number of thioether (sulfide) groups is 1. The number of nitrogens with zero attached hydrogens (tertiary/aromatic N) is 2. The maximum absolute atomic E-state index is 12.7. The molecule has 0 fully saturated rings. The molecule has 2 aromatic rings. The van der Waals surface area contributed by atoms with Gasteiger partial charge in [0, 0.05) is 28.3 Å². The Balaban J connectivity index is 1.83. The molecule has 1 aliphatic rings. The molecule has 0 atom stereocenters. The zero-order valence-corrected chi connectivity index (χ0v) is 15.8. The number of thiophene rings is 1. The molecule has 3 rings (SSSR count). The number of anilines is 1. The summed E-state index contributed by atoms with van der Waals surface area (Å²) in [5.41, 5.74) is 0.848. The monoisotopic (exact) mass is 378 g/mol. The van der Waals surface area contributed by atoms with Crippen molar-refractivity contribution in [2.75, 3.05) is 11.4 Å². The van der Waals surface area contributed by atoms with E-state index in [-0.39, 0.29) is 10.4 Å². The highest BCUT2D eigenvalue weighted by Gasteiger charge is 2.36. The summed E-state index contributed by atoms with van der Waals surface area (Å²) in [6.45, 7) is 6.82. The van der Waals surface area contributed by atoms with E-state index in [0.717, 1.165) is 16.3 Å². The molecule has 25 heavy (non-hydrogen) atoms. The summed E-state index contributed by atoms with van der Waals surface area (Å²) in [4.78, 5) is 25.8. The van der Waals surface area contributed by atoms with Crippen LogP contribution in [0.5, 0.6) is 5.75 Å². The highest BCUT2D eigenvalue weighted by Crippen LogP contribution is 2.49. The minimum Gasteiger partial charge on any atom is -0.410 e. The Morgan fingerprint density at radius 2 is 2.04 bits per heavy atom. The molecule has 1 aromatic heterocycles. The van der Waals surface area contributed by atoms with Crippen molar-refractivity contribution in [3.8, 4) is 5.75 Å². The van der Waals surface area contributed by atoms with Crippen molar-refractivity contribution in [2.24, 2.45) is 0 Å². The largest absolute Gasteiger partial charge is 0.419 e. The average Bonchev–Trinajstić information content (AvgIpc) is 2.96. The van der Waals surface area contributed by atoms with Crippen LogP contribution in [0, 0.1) is 10.1 Å². The lowest BCUT2D eigenvalue weighted by molar-refractivity contribution is -0.384. The normalized spacial score (nSPS) is 15.6. The molecule has 6 nitrogen and oxygen atoms in total. The highest BCUT2D eigenvalue weighted by atomic mass is 32.2. The van der Waals surface area contributed by atoms with E-state index in [0.29, 0.717) is 12.3 Å². The van der Waals surface area contributed by atoms with Gasteiger partial charge < -0.3 is 4.74 Å². The molecular formula is C17H18N2O4S2. The van der Waals surface area contributed by atoms with Crippen LogP contribution in [0.4, 0.5) is 16.2 Å². The number of nitro groups is 1. The van der Waals surface area contributed by atoms with Crippen molar-refractivity contribution >= 4 is 40.6 Å². The van der Waals surface area contributed by atoms with Crippen molar-refractivity contribution in [1.29, 1.82) is 0 Å². The van der Waals surface area contributed by atoms with Gasteiger partial charge in [-0.3, -0.25) is 15.0 Å². The summed E-state index contributed by atoms with van der Waals surface area (Å²) in [5.74, 6) is 0.291. The number of hydrogen-bond donors (Lipinski definition) is 0. The van der Waals surface area contributed by atoms with E-state index in [4.69, 9.17) is 4.74 Å². The Hall–Kier alpha value is -2.06. The zero-order valence-electron chi connectivity index (χ0n) is 14.1. The Kier molecular flexibility index (Phi) is 4.75. The third-order valence-corrected chi connectivity index (χ3v) is 6.39. The molecule has 8 heteroatoms. The molecule has 2 heterocycles. The lowest BCUT2D eigenvalue weighted by Crippen LogP contribution is -2.44. The van der Waals surface area contributed by atoms with Crippen LogP contribution in [-0.2, 0) is 6.42 Å². The number of amides is 1. The molecule has 0 spiro atoms. The Labute approximate surface area is 153 Å². The standard InChI is InChI=1S/C17H18N2O4S2/c1-4-13-9-14-15(24-13)25-17(2,3)10-18(14)16(20)23-12-7-5-11(6-8-12)19(21)22/h5-9H,4,10H2,1-3H3. The summed E-state index contributed by atoms with van der Waals surface area (Å²) in [6, 6.07) is 7.56. The molecule has 0 unspecified atom stereocenters. The topological polar surface area (TPSA) is 72.7 Å². The zero-order chi connectivity index (χ0) is 18.2. The van der Waals surface area contributed by atoms with Crippen molar-refractivity contribution in [2.45, 2.75) is 36.1 Å². The van der Waals surface area contributed by atoms with Gasteiger partial charge in [-0.2, -0.15) is 0 Å². The molecule has 0 saturated carbocycles. The van der Waals surface area contributed by atoms with Gasteiger partial charge in [0.1, 0.15) is 5.75 Å². The lowest BCUT2D eigenvalue weighted by atomic mass is 10.2. The van der Waals surface area contributed by atoms with Crippen LogP contribution in [0.2, 0.25) is 0 Å². The first-order valence-electron chi connectivity index (χ1n) is 7.84. The molecule has 0 radical (unpaired) electrons. The Morgan fingerprint density at radius 3 is 2.64 bits per heavy atom. The van der Waals surface area contributed by atoms with Crippen LogP contribution in [0.3, 0.4) is 0 Å². The van der Waals surface area contributed by atoms with Gasteiger partial charge in [0.05, 0.1) is 14.8 Å². The molecule has 0 N–H and O–H groups in total. The summed E-state index contributed by atoms with van der Waals surface area (Å²) < 4.78 is 6.45. The van der Waals surface area contributed by atoms with E-state index in [2.05, 4.69) is 20.8 Å². The fourth-order valence-electron chi connectivity index (χ4n) is 2.55. The summed E-state index contributed by atoms with van der Waals surface area (Å²) in [5, 5.41) is 10.7. The smallest absolute Gasteiger partial charge is 0.410 e. The maximum Gasteiger partial charge on any atom is 0.419 e. The van der Waals surface area contributed by atoms with Gasteiger partial charge in [-0.1, -0.05) is 6.92 Å².